The van der Waals surface area contributed by atoms with Gasteiger partial charge in [0.2, 0.25) is 0 Å². The molecule has 0 aromatic rings. The number of ketones is 1. The van der Waals surface area contributed by atoms with Crippen LogP contribution >= 0.6 is 0 Å². The topological polar surface area (TPSA) is 67.2 Å². The van der Waals surface area contributed by atoms with Crippen molar-refractivity contribution in [1.29, 1.82) is 5.26 Å². The average molecular weight is 209 g/mol. The van der Waals surface area contributed by atoms with Crippen LogP contribution in [-0.2, 0) is 14.3 Å². The maximum atomic E-state index is 11.4. The lowest BCUT2D eigenvalue weighted by Gasteiger charge is -2.18. The van der Waals surface area contributed by atoms with Gasteiger partial charge in [-0.1, -0.05) is 0 Å². The number of nitriles is 1. The molecule has 0 radical (unpaired) electrons. The molecule has 4 nitrogen and oxygen atoms in total. The number of hydrogen-bond acceptors (Lipinski definition) is 4. The van der Waals surface area contributed by atoms with Crippen LogP contribution in [0.4, 0.5) is 0 Å². The molecule has 0 N–H and O–H groups in total. The van der Waals surface area contributed by atoms with E-state index in [4.69, 9.17) is 5.26 Å². The summed E-state index contributed by atoms with van der Waals surface area (Å²) in [5.41, 5.74) is 0. The van der Waals surface area contributed by atoms with Gasteiger partial charge >= 0.3 is 5.97 Å². The molecule has 0 amide bonds. The summed E-state index contributed by atoms with van der Waals surface area (Å²) in [7, 11) is 1.37. The summed E-state index contributed by atoms with van der Waals surface area (Å²) in [6.07, 6.45) is 2.84. The van der Waals surface area contributed by atoms with Gasteiger partial charge in [-0.25, -0.2) is 0 Å². The summed E-state index contributed by atoms with van der Waals surface area (Å²) in [5, 5.41) is 8.77. The zero-order valence-electron chi connectivity index (χ0n) is 8.86. The minimum atomic E-state index is -0.530. The van der Waals surface area contributed by atoms with E-state index in [-0.39, 0.29) is 17.7 Å². The van der Waals surface area contributed by atoms with Crippen LogP contribution in [0.1, 0.15) is 32.1 Å². The van der Waals surface area contributed by atoms with E-state index in [9.17, 15) is 9.59 Å². The van der Waals surface area contributed by atoms with Gasteiger partial charge in [-0.15, -0.1) is 0 Å². The van der Waals surface area contributed by atoms with E-state index >= 15 is 0 Å². The summed E-state index contributed by atoms with van der Waals surface area (Å²) < 4.78 is 4.67. The third kappa shape index (κ3) is 3.05. The number of esters is 1. The van der Waals surface area contributed by atoms with Gasteiger partial charge in [-0.05, 0) is 25.7 Å². The maximum Gasteiger partial charge on any atom is 0.308 e. The lowest BCUT2D eigenvalue weighted by atomic mass is 9.85. The Morgan fingerprint density at radius 1 is 1.47 bits per heavy atom. The van der Waals surface area contributed by atoms with E-state index in [0.717, 1.165) is 0 Å². The first-order valence-corrected chi connectivity index (χ1v) is 5.19. The third-order valence-corrected chi connectivity index (χ3v) is 2.86. The minimum Gasteiger partial charge on any atom is -0.469 e. The molecule has 0 aliphatic heterocycles. The minimum absolute atomic E-state index is 0.0146. The quantitative estimate of drug-likeness (QED) is 0.613. The van der Waals surface area contributed by atoms with Gasteiger partial charge in [0.05, 0.1) is 19.1 Å². The molecule has 0 saturated heterocycles. The molecule has 15 heavy (non-hydrogen) atoms. The fourth-order valence-corrected chi connectivity index (χ4v) is 1.91. The van der Waals surface area contributed by atoms with Crippen molar-refractivity contribution >= 4 is 11.8 Å². The van der Waals surface area contributed by atoms with Crippen LogP contribution in [0.2, 0.25) is 0 Å². The number of hydrogen-bond donors (Lipinski definition) is 0. The number of ether oxygens (including phenoxy) is 1. The van der Waals surface area contributed by atoms with Crippen molar-refractivity contribution in [3.8, 4) is 6.07 Å². The molecular formula is C11H15NO3. The van der Waals surface area contributed by atoms with E-state index in [1.54, 1.807) is 0 Å². The van der Waals surface area contributed by atoms with Gasteiger partial charge in [-0.2, -0.15) is 5.26 Å². The Labute approximate surface area is 89.2 Å². The van der Waals surface area contributed by atoms with Gasteiger partial charge in [0.25, 0.3) is 0 Å². The highest BCUT2D eigenvalue weighted by atomic mass is 16.5. The summed E-state index contributed by atoms with van der Waals surface area (Å²) in [6.45, 7) is 0. The van der Waals surface area contributed by atoms with Crippen molar-refractivity contribution in [2.75, 3.05) is 7.11 Å². The molecule has 2 atom stereocenters. The molecule has 1 rings (SSSR count). The molecule has 0 aromatic carbocycles. The number of rotatable bonds is 1. The van der Waals surface area contributed by atoms with Gasteiger partial charge in [-0.3, -0.25) is 9.59 Å². The second-order valence-corrected chi connectivity index (χ2v) is 3.84. The van der Waals surface area contributed by atoms with Gasteiger partial charge in [0.15, 0.2) is 0 Å². The van der Waals surface area contributed by atoms with Crippen molar-refractivity contribution in [2.24, 2.45) is 11.8 Å². The summed E-state index contributed by atoms with van der Waals surface area (Å²) >= 11 is 0. The Kier molecular flexibility index (Phi) is 4.29. The fourth-order valence-electron chi connectivity index (χ4n) is 1.91. The smallest absolute Gasteiger partial charge is 0.308 e. The molecule has 1 aliphatic carbocycles. The Morgan fingerprint density at radius 3 is 2.80 bits per heavy atom. The van der Waals surface area contributed by atoms with E-state index < -0.39 is 5.92 Å². The molecule has 4 heteroatoms. The van der Waals surface area contributed by atoms with E-state index in [0.29, 0.717) is 32.1 Å². The largest absolute Gasteiger partial charge is 0.469 e. The van der Waals surface area contributed by atoms with Crippen molar-refractivity contribution < 1.29 is 14.3 Å². The van der Waals surface area contributed by atoms with Crippen LogP contribution in [-0.4, -0.2) is 18.9 Å². The predicted molar refractivity (Wildman–Crippen MR) is 52.7 cm³/mol. The lowest BCUT2D eigenvalue weighted by molar-refractivity contribution is -0.146. The standard InChI is InChI=1S/C11H15NO3/c1-15-11(14)8-3-2-4-10(13)9(7-12)6-5-8/h8-9H,2-6H2,1H3. The highest BCUT2D eigenvalue weighted by molar-refractivity contribution is 5.83. The monoisotopic (exact) mass is 209 g/mol. The second-order valence-electron chi connectivity index (χ2n) is 3.84. The zero-order valence-corrected chi connectivity index (χ0v) is 8.86. The molecule has 0 bridgehead atoms. The fraction of sp³-hybridized carbons (Fsp3) is 0.727. The van der Waals surface area contributed by atoms with E-state index in [1.807, 2.05) is 6.07 Å². The maximum absolute atomic E-state index is 11.4. The highest BCUT2D eigenvalue weighted by Gasteiger charge is 2.26. The van der Waals surface area contributed by atoms with Crippen LogP contribution < -0.4 is 0 Å². The van der Waals surface area contributed by atoms with E-state index in [2.05, 4.69) is 4.74 Å². The molecular weight excluding hydrogens is 194 g/mol. The van der Waals surface area contributed by atoms with Crippen LogP contribution in [0.25, 0.3) is 0 Å². The molecule has 1 aliphatic rings. The van der Waals surface area contributed by atoms with Crippen molar-refractivity contribution in [2.45, 2.75) is 32.1 Å². The molecule has 1 saturated carbocycles. The number of Topliss-reactive ketones (excluding diaryl/α,β-unsaturated/α-hetero) is 1. The lowest BCUT2D eigenvalue weighted by Crippen LogP contribution is -2.23. The normalized spacial score (nSPS) is 27.3. The van der Waals surface area contributed by atoms with Crippen LogP contribution in [0.15, 0.2) is 0 Å². The van der Waals surface area contributed by atoms with Gasteiger partial charge in [0, 0.05) is 6.42 Å². The first kappa shape index (κ1) is 11.7. The third-order valence-electron chi connectivity index (χ3n) is 2.86. The van der Waals surface area contributed by atoms with Crippen molar-refractivity contribution in [3.63, 3.8) is 0 Å². The van der Waals surface area contributed by atoms with Crippen molar-refractivity contribution in [3.05, 3.63) is 0 Å². The SMILES string of the molecule is COC(=O)C1CCCC(=O)C(C#N)CC1. The zero-order chi connectivity index (χ0) is 11.3. The molecule has 0 spiro atoms. The second kappa shape index (κ2) is 5.50. The first-order valence-electron chi connectivity index (χ1n) is 5.19. The summed E-state index contributed by atoms with van der Waals surface area (Å²) in [6, 6.07) is 2.00. The van der Waals surface area contributed by atoms with Gasteiger partial charge in [0.1, 0.15) is 11.7 Å². The van der Waals surface area contributed by atoms with Crippen LogP contribution in [0.5, 0.6) is 0 Å². The van der Waals surface area contributed by atoms with E-state index in [1.165, 1.54) is 7.11 Å². The predicted octanol–water partition coefficient (Wildman–Crippen LogP) is 1.45. The molecule has 0 aromatic heterocycles. The Hall–Kier alpha value is -1.37. The first-order chi connectivity index (χ1) is 7.19. The number of carbonyl (C=O) groups excluding carboxylic acids is 2. The average Bonchev–Trinajstić information content (AvgIpc) is 2.23. The van der Waals surface area contributed by atoms with Crippen LogP contribution in [0, 0.1) is 23.2 Å². The number of nitrogens with zero attached hydrogens (tertiary/aromatic N) is 1. The van der Waals surface area contributed by atoms with Gasteiger partial charge < -0.3 is 4.74 Å². The molecule has 2 unspecified atom stereocenters. The summed E-state index contributed by atoms with van der Waals surface area (Å²) in [4.78, 5) is 22.7. The summed E-state index contributed by atoms with van der Waals surface area (Å²) in [5.74, 6) is -0.877. The Bertz CT molecular complexity index is 293. The molecule has 1 fully saturated rings. The highest BCUT2D eigenvalue weighted by Crippen LogP contribution is 2.24. The van der Waals surface area contributed by atoms with Crippen molar-refractivity contribution in [1.82, 2.24) is 0 Å². The Balaban J connectivity index is 2.59. The molecule has 0 heterocycles. The number of carbonyl (C=O) groups is 2. The number of methoxy groups -OCH3 is 1. The molecule has 82 valence electrons. The Morgan fingerprint density at radius 2 is 2.20 bits per heavy atom. The van der Waals surface area contributed by atoms with Crippen LogP contribution in [0.3, 0.4) is 0 Å².